The van der Waals surface area contributed by atoms with Crippen LogP contribution >= 0.6 is 11.6 Å². The first-order chi connectivity index (χ1) is 10.9. The molecule has 0 radical (unpaired) electrons. The first-order valence-corrected chi connectivity index (χ1v) is 11.4. The Bertz CT molecular complexity index is 711. The van der Waals surface area contributed by atoms with Crippen molar-refractivity contribution in [3.05, 3.63) is 59.1 Å². The standard InChI is InChI=1S/C19H22ClNOSi/c1-22-19-8-6-5-7-18(19)21-17(13-14-23(2,3)4)15-9-11-16(20)12-10-15/h5-12,17,21H,1-4H3/t17-/m1/s1. The Morgan fingerprint density at radius 3 is 2.30 bits per heavy atom. The van der Waals surface area contributed by atoms with E-state index < -0.39 is 8.07 Å². The maximum Gasteiger partial charge on any atom is 0.141 e. The van der Waals surface area contributed by atoms with Crippen molar-refractivity contribution in [1.82, 2.24) is 0 Å². The zero-order valence-electron chi connectivity index (χ0n) is 14.0. The summed E-state index contributed by atoms with van der Waals surface area (Å²) in [5.74, 6) is 4.20. The van der Waals surface area contributed by atoms with E-state index in [4.69, 9.17) is 16.3 Å². The van der Waals surface area contributed by atoms with Crippen LogP contribution < -0.4 is 10.1 Å². The summed E-state index contributed by atoms with van der Waals surface area (Å²) in [6.07, 6.45) is 0. The number of halogens is 1. The predicted octanol–water partition coefficient (Wildman–Crippen LogP) is 5.38. The van der Waals surface area contributed by atoms with Crippen LogP contribution in [0.1, 0.15) is 11.6 Å². The molecule has 120 valence electrons. The highest BCUT2D eigenvalue weighted by molar-refractivity contribution is 6.83. The number of methoxy groups -OCH3 is 1. The van der Waals surface area contributed by atoms with Gasteiger partial charge in [-0.25, -0.2) is 0 Å². The van der Waals surface area contributed by atoms with Gasteiger partial charge in [0.05, 0.1) is 12.8 Å². The Morgan fingerprint density at radius 1 is 1.04 bits per heavy atom. The van der Waals surface area contributed by atoms with Crippen LogP contribution in [0.15, 0.2) is 48.5 Å². The molecule has 0 aliphatic heterocycles. The molecule has 0 saturated carbocycles. The Balaban J connectivity index is 2.36. The van der Waals surface area contributed by atoms with Crippen LogP contribution in [0.5, 0.6) is 5.75 Å². The Kier molecular flexibility index (Phi) is 5.76. The monoisotopic (exact) mass is 343 g/mol. The van der Waals surface area contributed by atoms with Crippen LogP contribution in [0.2, 0.25) is 24.7 Å². The van der Waals surface area contributed by atoms with Gasteiger partial charge in [-0.3, -0.25) is 0 Å². The summed E-state index contributed by atoms with van der Waals surface area (Å²) in [5.41, 5.74) is 5.46. The molecule has 23 heavy (non-hydrogen) atoms. The van der Waals surface area contributed by atoms with Crippen LogP contribution in [0.25, 0.3) is 0 Å². The fourth-order valence-electron chi connectivity index (χ4n) is 2.07. The van der Waals surface area contributed by atoms with Gasteiger partial charge < -0.3 is 10.1 Å². The Hall–Kier alpha value is -1.89. The summed E-state index contributed by atoms with van der Waals surface area (Å²) >= 11 is 6.00. The van der Waals surface area contributed by atoms with Gasteiger partial charge in [-0.2, -0.15) is 0 Å². The fourth-order valence-corrected chi connectivity index (χ4v) is 2.77. The third kappa shape index (κ3) is 5.35. The molecule has 4 heteroatoms. The van der Waals surface area contributed by atoms with Gasteiger partial charge in [0.1, 0.15) is 19.9 Å². The summed E-state index contributed by atoms with van der Waals surface area (Å²) in [5, 5.41) is 4.21. The average molecular weight is 344 g/mol. The first kappa shape index (κ1) is 17.5. The second-order valence-corrected chi connectivity index (χ2v) is 11.5. The molecule has 0 bridgehead atoms. The SMILES string of the molecule is COc1ccccc1N[C@H](C#C[Si](C)(C)C)c1ccc(Cl)cc1. The van der Waals surface area contributed by atoms with Gasteiger partial charge in [0.25, 0.3) is 0 Å². The van der Waals surface area contributed by atoms with Gasteiger partial charge in [0.15, 0.2) is 0 Å². The molecule has 0 amide bonds. The molecule has 0 aliphatic rings. The number of nitrogens with one attached hydrogen (secondary N) is 1. The van der Waals surface area contributed by atoms with Crippen molar-refractivity contribution < 1.29 is 4.74 Å². The maximum absolute atomic E-state index is 6.00. The van der Waals surface area contributed by atoms with E-state index in [0.29, 0.717) is 0 Å². The van der Waals surface area contributed by atoms with E-state index in [9.17, 15) is 0 Å². The Morgan fingerprint density at radius 2 is 1.70 bits per heavy atom. The third-order valence-electron chi connectivity index (χ3n) is 3.20. The molecule has 1 N–H and O–H groups in total. The minimum absolute atomic E-state index is 0.102. The molecule has 1 atom stereocenters. The summed E-state index contributed by atoms with van der Waals surface area (Å²) in [6, 6.07) is 15.6. The maximum atomic E-state index is 6.00. The topological polar surface area (TPSA) is 21.3 Å². The number of rotatable bonds is 4. The lowest BCUT2D eigenvalue weighted by atomic mass is 10.1. The van der Waals surface area contributed by atoms with E-state index in [-0.39, 0.29) is 6.04 Å². The summed E-state index contributed by atoms with van der Waals surface area (Å²) in [6.45, 7) is 6.71. The number of ether oxygens (including phenoxy) is 1. The lowest BCUT2D eigenvalue weighted by molar-refractivity contribution is 0.416. The van der Waals surface area contributed by atoms with Gasteiger partial charge >= 0.3 is 0 Å². The van der Waals surface area contributed by atoms with Gasteiger partial charge in [0, 0.05) is 5.02 Å². The van der Waals surface area contributed by atoms with Crippen LogP contribution in [0.4, 0.5) is 5.69 Å². The van der Waals surface area contributed by atoms with Gasteiger partial charge in [-0.1, -0.05) is 61.4 Å². The number of anilines is 1. The number of hydrogen-bond donors (Lipinski definition) is 1. The lowest BCUT2D eigenvalue weighted by Gasteiger charge is -2.18. The van der Waals surface area contributed by atoms with E-state index in [1.54, 1.807) is 7.11 Å². The molecule has 0 aliphatic carbocycles. The highest BCUT2D eigenvalue weighted by Crippen LogP contribution is 2.28. The van der Waals surface area contributed by atoms with Crippen molar-refractivity contribution in [2.24, 2.45) is 0 Å². The average Bonchev–Trinajstić information content (AvgIpc) is 2.52. The summed E-state index contributed by atoms with van der Waals surface area (Å²) < 4.78 is 5.42. The molecule has 0 aromatic heterocycles. The second-order valence-electron chi connectivity index (χ2n) is 6.35. The molecule has 2 rings (SSSR count). The van der Waals surface area contributed by atoms with Crippen molar-refractivity contribution in [2.75, 3.05) is 12.4 Å². The minimum Gasteiger partial charge on any atom is -0.495 e. The zero-order valence-corrected chi connectivity index (χ0v) is 15.7. The quantitative estimate of drug-likeness (QED) is 0.594. The molecule has 0 heterocycles. The third-order valence-corrected chi connectivity index (χ3v) is 4.35. The predicted molar refractivity (Wildman–Crippen MR) is 102 cm³/mol. The summed E-state index contributed by atoms with van der Waals surface area (Å²) in [4.78, 5) is 0. The highest BCUT2D eigenvalue weighted by Gasteiger charge is 2.13. The molecule has 0 spiro atoms. The highest BCUT2D eigenvalue weighted by atomic mass is 35.5. The van der Waals surface area contributed by atoms with E-state index in [0.717, 1.165) is 22.0 Å². The molecule has 0 unspecified atom stereocenters. The summed E-state index contributed by atoms with van der Waals surface area (Å²) in [7, 11) is 0.211. The van der Waals surface area contributed by atoms with Crippen molar-refractivity contribution in [1.29, 1.82) is 0 Å². The van der Waals surface area contributed by atoms with Crippen molar-refractivity contribution >= 4 is 25.4 Å². The number of para-hydroxylation sites is 2. The van der Waals surface area contributed by atoms with Crippen molar-refractivity contribution in [3.63, 3.8) is 0 Å². The second kappa shape index (κ2) is 7.59. The number of benzene rings is 2. The van der Waals surface area contributed by atoms with Crippen LogP contribution in [0.3, 0.4) is 0 Å². The minimum atomic E-state index is -1.46. The van der Waals surface area contributed by atoms with Crippen molar-refractivity contribution in [3.8, 4) is 17.2 Å². The van der Waals surface area contributed by atoms with Gasteiger partial charge in [0.2, 0.25) is 0 Å². The largest absolute Gasteiger partial charge is 0.495 e. The van der Waals surface area contributed by atoms with Crippen LogP contribution in [-0.4, -0.2) is 15.2 Å². The van der Waals surface area contributed by atoms with Crippen LogP contribution in [0, 0.1) is 11.5 Å². The van der Waals surface area contributed by atoms with Crippen LogP contribution in [-0.2, 0) is 0 Å². The van der Waals surface area contributed by atoms with E-state index in [1.807, 2.05) is 48.5 Å². The molecule has 0 saturated heterocycles. The fraction of sp³-hybridized carbons (Fsp3) is 0.263. The molecule has 2 aromatic rings. The smallest absolute Gasteiger partial charge is 0.141 e. The molecule has 0 fully saturated rings. The van der Waals surface area contributed by atoms with Crippen molar-refractivity contribution in [2.45, 2.75) is 25.7 Å². The Labute approximate surface area is 144 Å². The lowest BCUT2D eigenvalue weighted by Crippen LogP contribution is -2.18. The van der Waals surface area contributed by atoms with E-state index in [2.05, 4.69) is 36.4 Å². The normalized spacial score (nSPS) is 12.0. The zero-order chi connectivity index (χ0) is 16.9. The molecule has 2 nitrogen and oxygen atoms in total. The van der Waals surface area contributed by atoms with E-state index in [1.165, 1.54) is 0 Å². The number of hydrogen-bond acceptors (Lipinski definition) is 2. The molecular weight excluding hydrogens is 322 g/mol. The first-order valence-electron chi connectivity index (χ1n) is 7.57. The molecule has 2 aromatic carbocycles. The van der Waals surface area contributed by atoms with Gasteiger partial charge in [-0.05, 0) is 29.8 Å². The van der Waals surface area contributed by atoms with Gasteiger partial charge in [-0.15, -0.1) is 5.54 Å². The van der Waals surface area contributed by atoms with E-state index >= 15 is 0 Å². The molecular formula is C19H22ClNOSi.